The molecule has 3 nitrogen and oxygen atoms in total. The molecule has 19 heavy (non-hydrogen) atoms. The van der Waals surface area contributed by atoms with Crippen molar-refractivity contribution in [1.29, 1.82) is 0 Å². The smallest absolute Gasteiger partial charge is 0.207 e. The Balaban J connectivity index is 1.87. The van der Waals surface area contributed by atoms with E-state index >= 15 is 0 Å². The lowest BCUT2D eigenvalue weighted by Crippen LogP contribution is -2.08. The molecule has 1 aromatic heterocycles. The zero-order valence-electron chi connectivity index (χ0n) is 10.4. The Labute approximate surface area is 122 Å². The monoisotopic (exact) mass is 295 g/mol. The molecule has 0 atom stereocenters. The molecule has 0 aliphatic heterocycles. The number of imidazole rings is 1. The van der Waals surface area contributed by atoms with Gasteiger partial charge in [0.2, 0.25) is 5.95 Å². The van der Waals surface area contributed by atoms with E-state index in [1.807, 2.05) is 18.5 Å². The molecule has 0 amide bonds. The van der Waals surface area contributed by atoms with Gasteiger partial charge in [-0.1, -0.05) is 36.0 Å². The second kappa shape index (κ2) is 5.43. The van der Waals surface area contributed by atoms with E-state index in [0.717, 1.165) is 11.6 Å². The minimum atomic E-state index is 0.544. The number of nitrogens with one attached hydrogen (secondary N) is 1. The van der Waals surface area contributed by atoms with Gasteiger partial charge in [0, 0.05) is 23.5 Å². The Kier molecular flexibility index (Phi) is 3.67. The molecule has 1 fully saturated rings. The third-order valence-corrected chi connectivity index (χ3v) is 4.13. The summed E-state index contributed by atoms with van der Waals surface area (Å²) in [4.78, 5) is 4.38. The first-order valence-electron chi connectivity index (χ1n) is 6.49. The maximum Gasteiger partial charge on any atom is 0.207 e. The van der Waals surface area contributed by atoms with E-state index in [9.17, 15) is 0 Å². The maximum atomic E-state index is 6.17. The standard InChI is InChI=1S/C14H15Cl2N3/c15-10-5-6-12(16)13(9-10)18-14-17-7-8-19(14)11-3-1-2-4-11/h5-9,11H,1-4H2,(H,17,18). The molecule has 2 aromatic rings. The van der Waals surface area contributed by atoms with Crippen molar-refractivity contribution < 1.29 is 0 Å². The second-order valence-electron chi connectivity index (χ2n) is 4.85. The number of benzene rings is 1. The van der Waals surface area contributed by atoms with E-state index in [2.05, 4.69) is 14.9 Å². The van der Waals surface area contributed by atoms with Crippen molar-refractivity contribution in [3.05, 3.63) is 40.6 Å². The van der Waals surface area contributed by atoms with Gasteiger partial charge in [-0.15, -0.1) is 0 Å². The van der Waals surface area contributed by atoms with E-state index in [4.69, 9.17) is 23.2 Å². The molecule has 0 bridgehead atoms. The van der Waals surface area contributed by atoms with Gasteiger partial charge in [0.05, 0.1) is 10.7 Å². The molecule has 1 aromatic carbocycles. The van der Waals surface area contributed by atoms with Gasteiger partial charge in [0.15, 0.2) is 0 Å². The molecule has 3 rings (SSSR count). The first-order chi connectivity index (χ1) is 9.24. The van der Waals surface area contributed by atoms with Crippen LogP contribution >= 0.6 is 23.2 Å². The molecular formula is C14H15Cl2N3. The summed E-state index contributed by atoms with van der Waals surface area (Å²) in [7, 11) is 0. The number of aromatic nitrogens is 2. The van der Waals surface area contributed by atoms with Crippen LogP contribution in [0.1, 0.15) is 31.7 Å². The molecule has 1 aliphatic rings. The lowest BCUT2D eigenvalue weighted by molar-refractivity contribution is 0.525. The largest absolute Gasteiger partial charge is 0.324 e. The molecule has 100 valence electrons. The van der Waals surface area contributed by atoms with E-state index in [0.29, 0.717) is 16.1 Å². The van der Waals surface area contributed by atoms with Crippen LogP contribution in [0, 0.1) is 0 Å². The lowest BCUT2D eigenvalue weighted by atomic mass is 10.2. The SMILES string of the molecule is Clc1ccc(Cl)c(Nc2nccn2C2CCCC2)c1. The Morgan fingerprint density at radius 2 is 2.00 bits per heavy atom. The molecule has 0 radical (unpaired) electrons. The Morgan fingerprint density at radius 1 is 1.21 bits per heavy atom. The highest BCUT2D eigenvalue weighted by Gasteiger charge is 2.19. The number of hydrogen-bond acceptors (Lipinski definition) is 2. The number of rotatable bonds is 3. The quantitative estimate of drug-likeness (QED) is 0.859. The summed E-state index contributed by atoms with van der Waals surface area (Å²) in [5, 5.41) is 4.58. The van der Waals surface area contributed by atoms with Crippen LogP contribution in [-0.2, 0) is 0 Å². The van der Waals surface area contributed by atoms with Gasteiger partial charge in [-0.25, -0.2) is 4.98 Å². The van der Waals surface area contributed by atoms with Crippen molar-refractivity contribution in [1.82, 2.24) is 9.55 Å². The van der Waals surface area contributed by atoms with Crippen molar-refractivity contribution >= 4 is 34.8 Å². The molecule has 1 saturated carbocycles. The molecule has 0 spiro atoms. The average Bonchev–Trinajstić information content (AvgIpc) is 3.03. The summed E-state index contributed by atoms with van der Waals surface area (Å²) in [6.45, 7) is 0. The van der Waals surface area contributed by atoms with Gasteiger partial charge in [-0.3, -0.25) is 0 Å². The topological polar surface area (TPSA) is 29.9 Å². The summed E-state index contributed by atoms with van der Waals surface area (Å²) in [6.07, 6.45) is 8.86. The third kappa shape index (κ3) is 2.72. The van der Waals surface area contributed by atoms with Crippen LogP contribution in [-0.4, -0.2) is 9.55 Å². The van der Waals surface area contributed by atoms with Gasteiger partial charge in [-0.05, 0) is 31.0 Å². The van der Waals surface area contributed by atoms with Crippen LogP contribution < -0.4 is 5.32 Å². The van der Waals surface area contributed by atoms with Crippen molar-refractivity contribution in [3.8, 4) is 0 Å². The highest BCUT2D eigenvalue weighted by molar-refractivity contribution is 6.35. The maximum absolute atomic E-state index is 6.17. The summed E-state index contributed by atoms with van der Waals surface area (Å²) in [6, 6.07) is 5.92. The van der Waals surface area contributed by atoms with Gasteiger partial charge in [0.25, 0.3) is 0 Å². The summed E-state index contributed by atoms with van der Waals surface area (Å²) < 4.78 is 2.20. The van der Waals surface area contributed by atoms with Crippen LogP contribution in [0.5, 0.6) is 0 Å². The van der Waals surface area contributed by atoms with Crippen molar-refractivity contribution in [3.63, 3.8) is 0 Å². The van der Waals surface area contributed by atoms with Crippen LogP contribution in [0.25, 0.3) is 0 Å². The Bertz CT molecular complexity index is 574. The minimum Gasteiger partial charge on any atom is -0.324 e. The van der Waals surface area contributed by atoms with Gasteiger partial charge < -0.3 is 9.88 Å². The zero-order valence-corrected chi connectivity index (χ0v) is 12.0. The van der Waals surface area contributed by atoms with Crippen molar-refractivity contribution in [2.45, 2.75) is 31.7 Å². The zero-order chi connectivity index (χ0) is 13.2. The number of hydrogen-bond donors (Lipinski definition) is 1. The van der Waals surface area contributed by atoms with Gasteiger partial charge in [-0.2, -0.15) is 0 Å². The van der Waals surface area contributed by atoms with Crippen molar-refractivity contribution in [2.75, 3.05) is 5.32 Å². The van der Waals surface area contributed by atoms with Gasteiger partial charge in [0.1, 0.15) is 0 Å². The summed E-state index contributed by atoms with van der Waals surface area (Å²) >= 11 is 12.2. The van der Waals surface area contributed by atoms with E-state index in [1.165, 1.54) is 25.7 Å². The van der Waals surface area contributed by atoms with Gasteiger partial charge >= 0.3 is 0 Å². The Morgan fingerprint density at radius 3 is 2.79 bits per heavy atom. The molecule has 1 heterocycles. The first kappa shape index (κ1) is 12.8. The van der Waals surface area contributed by atoms with Crippen molar-refractivity contribution in [2.24, 2.45) is 0 Å². The highest BCUT2D eigenvalue weighted by Crippen LogP contribution is 2.33. The number of anilines is 2. The van der Waals surface area contributed by atoms with E-state index < -0.39 is 0 Å². The van der Waals surface area contributed by atoms with E-state index in [-0.39, 0.29) is 0 Å². The minimum absolute atomic E-state index is 0.544. The van der Waals surface area contributed by atoms with Crippen LogP contribution in [0.3, 0.4) is 0 Å². The van der Waals surface area contributed by atoms with E-state index in [1.54, 1.807) is 12.1 Å². The third-order valence-electron chi connectivity index (χ3n) is 3.56. The molecule has 1 N–H and O–H groups in total. The normalized spacial score (nSPS) is 15.9. The fraction of sp³-hybridized carbons (Fsp3) is 0.357. The Hall–Kier alpha value is -1.19. The molecule has 1 aliphatic carbocycles. The predicted molar refractivity (Wildman–Crippen MR) is 79.5 cm³/mol. The molecule has 0 unspecified atom stereocenters. The number of nitrogens with zero attached hydrogens (tertiary/aromatic N) is 2. The molecule has 5 heteroatoms. The highest BCUT2D eigenvalue weighted by atomic mass is 35.5. The predicted octanol–water partition coefficient (Wildman–Crippen LogP) is 5.05. The second-order valence-corrected chi connectivity index (χ2v) is 5.69. The fourth-order valence-corrected chi connectivity index (χ4v) is 2.94. The molecule has 0 saturated heterocycles. The number of halogens is 2. The average molecular weight is 296 g/mol. The summed E-state index contributed by atoms with van der Waals surface area (Å²) in [5.74, 6) is 0.830. The van der Waals surface area contributed by atoms with Crippen LogP contribution in [0.2, 0.25) is 10.0 Å². The van der Waals surface area contributed by atoms with Crippen LogP contribution in [0.15, 0.2) is 30.6 Å². The molecular weight excluding hydrogens is 281 g/mol. The summed E-state index contributed by atoms with van der Waals surface area (Å²) in [5.41, 5.74) is 0.791. The van der Waals surface area contributed by atoms with Crippen LogP contribution in [0.4, 0.5) is 11.6 Å². The lowest BCUT2D eigenvalue weighted by Gasteiger charge is -2.16. The fourth-order valence-electron chi connectivity index (χ4n) is 2.60. The first-order valence-corrected chi connectivity index (χ1v) is 7.24.